The van der Waals surface area contributed by atoms with Gasteiger partial charge in [0.15, 0.2) is 15.0 Å². The molecule has 0 saturated carbocycles. The lowest BCUT2D eigenvalue weighted by Crippen LogP contribution is -2.14. The summed E-state index contributed by atoms with van der Waals surface area (Å²) in [6.07, 6.45) is 1.29. The van der Waals surface area contributed by atoms with Gasteiger partial charge in [0.05, 0.1) is 23.1 Å². The van der Waals surface area contributed by atoms with Crippen molar-refractivity contribution >= 4 is 42.4 Å². The molecule has 1 amide bonds. The molecule has 6 nitrogen and oxygen atoms in total. The number of rotatable bonds is 5. The molecule has 0 saturated heterocycles. The molecule has 26 heavy (non-hydrogen) atoms. The molecule has 3 aromatic rings. The summed E-state index contributed by atoms with van der Waals surface area (Å²) in [5.74, 6) is 0.450. The van der Waals surface area contributed by atoms with Gasteiger partial charge in [-0.1, -0.05) is 29.5 Å². The van der Waals surface area contributed by atoms with E-state index < -0.39 is 9.84 Å². The number of aromatic nitrogens is 1. The maximum absolute atomic E-state index is 12.3. The van der Waals surface area contributed by atoms with Gasteiger partial charge >= 0.3 is 0 Å². The molecule has 0 aliphatic carbocycles. The van der Waals surface area contributed by atoms with E-state index in [4.69, 9.17) is 4.74 Å². The number of amides is 1. The van der Waals surface area contributed by atoms with Gasteiger partial charge in [-0.15, -0.1) is 0 Å². The van der Waals surface area contributed by atoms with Crippen LogP contribution in [0.5, 0.6) is 5.75 Å². The minimum Gasteiger partial charge on any atom is -0.494 e. The standard InChI is InChI=1S/C18H18N2O4S2/c1-11-4-9-14(24-2)16-17(11)25-18(20-16)19-15(21)10-12-5-7-13(8-6-12)26(3,22)23/h4-9H,10H2,1-3H3,(H,19,20,21). The SMILES string of the molecule is COc1ccc(C)c2sc(NC(=O)Cc3ccc(S(C)(=O)=O)cc3)nc12. The van der Waals surface area contributed by atoms with E-state index in [0.717, 1.165) is 27.6 Å². The van der Waals surface area contributed by atoms with E-state index in [1.54, 1.807) is 19.2 Å². The van der Waals surface area contributed by atoms with E-state index in [-0.39, 0.29) is 17.2 Å². The first-order valence-electron chi connectivity index (χ1n) is 7.81. The molecular weight excluding hydrogens is 372 g/mol. The highest BCUT2D eigenvalue weighted by Crippen LogP contribution is 2.34. The van der Waals surface area contributed by atoms with Crippen molar-refractivity contribution < 1.29 is 17.9 Å². The Morgan fingerprint density at radius 3 is 2.50 bits per heavy atom. The van der Waals surface area contributed by atoms with E-state index in [1.165, 1.54) is 23.5 Å². The summed E-state index contributed by atoms with van der Waals surface area (Å²) in [4.78, 5) is 17.0. The van der Waals surface area contributed by atoms with Gasteiger partial charge in [-0.05, 0) is 36.2 Å². The van der Waals surface area contributed by atoms with Crippen molar-refractivity contribution in [2.75, 3.05) is 18.7 Å². The Morgan fingerprint density at radius 2 is 1.88 bits per heavy atom. The predicted molar refractivity (Wildman–Crippen MR) is 103 cm³/mol. The van der Waals surface area contributed by atoms with Gasteiger partial charge in [-0.25, -0.2) is 13.4 Å². The summed E-state index contributed by atoms with van der Waals surface area (Å²) < 4.78 is 29.2. The molecule has 3 rings (SSSR count). The number of carbonyl (C=O) groups is 1. The van der Waals surface area contributed by atoms with Crippen molar-refractivity contribution in [3.8, 4) is 5.75 Å². The fraction of sp³-hybridized carbons (Fsp3) is 0.222. The second-order valence-electron chi connectivity index (χ2n) is 5.92. The number of hydrogen-bond donors (Lipinski definition) is 1. The van der Waals surface area contributed by atoms with Crippen LogP contribution in [-0.4, -0.2) is 32.7 Å². The summed E-state index contributed by atoms with van der Waals surface area (Å²) in [5.41, 5.74) is 2.52. The molecule has 136 valence electrons. The third kappa shape index (κ3) is 3.86. The summed E-state index contributed by atoms with van der Waals surface area (Å²) in [6.45, 7) is 1.98. The predicted octanol–water partition coefficient (Wildman–Crippen LogP) is 3.20. The Hall–Kier alpha value is -2.45. The van der Waals surface area contributed by atoms with Crippen molar-refractivity contribution in [1.82, 2.24) is 4.98 Å². The monoisotopic (exact) mass is 390 g/mol. The summed E-state index contributed by atoms with van der Waals surface area (Å²) in [5, 5.41) is 3.30. The van der Waals surface area contributed by atoms with Crippen molar-refractivity contribution in [2.45, 2.75) is 18.2 Å². The highest BCUT2D eigenvalue weighted by atomic mass is 32.2. The normalized spacial score (nSPS) is 11.5. The molecule has 0 bridgehead atoms. The molecule has 0 radical (unpaired) electrons. The molecule has 1 heterocycles. The van der Waals surface area contributed by atoms with Gasteiger partial charge in [-0.3, -0.25) is 4.79 Å². The number of nitrogens with one attached hydrogen (secondary N) is 1. The topological polar surface area (TPSA) is 85.4 Å². The van der Waals surface area contributed by atoms with E-state index in [1.807, 2.05) is 19.1 Å². The Morgan fingerprint density at radius 1 is 1.19 bits per heavy atom. The molecule has 0 spiro atoms. The van der Waals surface area contributed by atoms with Crippen LogP contribution >= 0.6 is 11.3 Å². The van der Waals surface area contributed by atoms with E-state index in [0.29, 0.717) is 10.9 Å². The zero-order valence-corrected chi connectivity index (χ0v) is 16.2. The Bertz CT molecular complexity index is 1070. The van der Waals surface area contributed by atoms with Crippen LogP contribution in [0, 0.1) is 6.92 Å². The Kier molecular flexibility index (Phi) is 4.97. The Balaban J connectivity index is 1.76. The Labute approximate surface area is 155 Å². The van der Waals surface area contributed by atoms with Crippen LogP contribution in [0.2, 0.25) is 0 Å². The molecule has 1 aromatic heterocycles. The number of ether oxygens (including phenoxy) is 1. The number of fused-ring (bicyclic) bond motifs is 1. The van der Waals surface area contributed by atoms with Crippen LogP contribution in [0.25, 0.3) is 10.2 Å². The van der Waals surface area contributed by atoms with Crippen LogP contribution in [-0.2, 0) is 21.1 Å². The average Bonchev–Trinajstić information content (AvgIpc) is 2.99. The number of hydrogen-bond acceptors (Lipinski definition) is 6. The number of methoxy groups -OCH3 is 1. The summed E-state index contributed by atoms with van der Waals surface area (Å²) in [7, 11) is -1.66. The number of aryl methyl sites for hydroxylation is 1. The maximum atomic E-state index is 12.3. The largest absolute Gasteiger partial charge is 0.494 e. The third-order valence-corrected chi connectivity index (χ3v) is 6.12. The van der Waals surface area contributed by atoms with Crippen LogP contribution in [0.3, 0.4) is 0 Å². The van der Waals surface area contributed by atoms with Crippen LogP contribution in [0.4, 0.5) is 5.13 Å². The number of carbonyl (C=O) groups excluding carboxylic acids is 1. The zero-order chi connectivity index (χ0) is 18.9. The van der Waals surface area contributed by atoms with Crippen LogP contribution < -0.4 is 10.1 Å². The van der Waals surface area contributed by atoms with Crippen molar-refractivity contribution in [1.29, 1.82) is 0 Å². The fourth-order valence-corrected chi connectivity index (χ4v) is 4.13. The van der Waals surface area contributed by atoms with Crippen LogP contribution in [0.1, 0.15) is 11.1 Å². The quantitative estimate of drug-likeness (QED) is 0.723. The first-order valence-corrected chi connectivity index (χ1v) is 10.5. The van der Waals surface area contributed by atoms with Crippen molar-refractivity contribution in [3.63, 3.8) is 0 Å². The lowest BCUT2D eigenvalue weighted by Gasteiger charge is -2.03. The molecule has 0 atom stereocenters. The highest BCUT2D eigenvalue weighted by molar-refractivity contribution is 7.90. The molecule has 0 aliphatic heterocycles. The van der Waals surface area contributed by atoms with Gasteiger partial charge in [0.25, 0.3) is 0 Å². The van der Waals surface area contributed by atoms with E-state index >= 15 is 0 Å². The first kappa shape index (κ1) is 18.3. The number of anilines is 1. The van der Waals surface area contributed by atoms with Gasteiger partial charge < -0.3 is 10.1 Å². The molecule has 0 unspecified atom stereocenters. The maximum Gasteiger partial charge on any atom is 0.230 e. The fourth-order valence-electron chi connectivity index (χ4n) is 2.53. The number of thiazole rings is 1. The van der Waals surface area contributed by atoms with Gasteiger partial charge in [0.1, 0.15) is 11.3 Å². The van der Waals surface area contributed by atoms with E-state index in [9.17, 15) is 13.2 Å². The average molecular weight is 390 g/mol. The van der Waals surface area contributed by atoms with Crippen molar-refractivity contribution in [2.24, 2.45) is 0 Å². The second-order valence-corrected chi connectivity index (χ2v) is 8.94. The molecule has 0 aliphatic rings. The molecule has 2 aromatic carbocycles. The second kappa shape index (κ2) is 7.05. The first-order chi connectivity index (χ1) is 12.3. The summed E-state index contributed by atoms with van der Waals surface area (Å²) >= 11 is 1.40. The number of sulfone groups is 1. The smallest absolute Gasteiger partial charge is 0.230 e. The third-order valence-electron chi connectivity index (χ3n) is 3.89. The summed E-state index contributed by atoms with van der Waals surface area (Å²) in [6, 6.07) is 10.1. The van der Waals surface area contributed by atoms with Gasteiger partial charge in [0, 0.05) is 6.26 Å². The zero-order valence-electron chi connectivity index (χ0n) is 14.6. The van der Waals surface area contributed by atoms with Gasteiger partial charge in [-0.2, -0.15) is 0 Å². The lowest BCUT2D eigenvalue weighted by molar-refractivity contribution is -0.115. The van der Waals surface area contributed by atoms with Gasteiger partial charge in [0.2, 0.25) is 5.91 Å². The van der Waals surface area contributed by atoms with E-state index in [2.05, 4.69) is 10.3 Å². The van der Waals surface area contributed by atoms with Crippen LogP contribution in [0.15, 0.2) is 41.3 Å². The molecule has 8 heteroatoms. The molecular formula is C18H18N2O4S2. The molecule has 0 fully saturated rings. The molecule has 1 N–H and O–H groups in total. The number of nitrogens with zero attached hydrogens (tertiary/aromatic N) is 1. The van der Waals surface area contributed by atoms with Crippen molar-refractivity contribution in [3.05, 3.63) is 47.5 Å². The number of benzene rings is 2. The minimum atomic E-state index is -3.24. The highest BCUT2D eigenvalue weighted by Gasteiger charge is 2.14. The lowest BCUT2D eigenvalue weighted by atomic mass is 10.1. The minimum absolute atomic E-state index is 0.135.